The van der Waals surface area contributed by atoms with E-state index in [-0.39, 0.29) is 18.0 Å². The molecule has 0 aromatic rings. The number of thiol groups is 1. The molecular formula is C9H16N2O2S. The zero-order valence-electron chi connectivity index (χ0n) is 8.56. The first-order valence-corrected chi connectivity index (χ1v) is 5.53. The van der Waals surface area contributed by atoms with E-state index in [1.165, 1.54) is 4.90 Å². The van der Waals surface area contributed by atoms with Gasteiger partial charge in [-0.05, 0) is 13.3 Å². The van der Waals surface area contributed by atoms with E-state index in [0.717, 1.165) is 6.42 Å². The molecule has 0 spiro atoms. The van der Waals surface area contributed by atoms with Gasteiger partial charge >= 0.3 is 6.03 Å². The Morgan fingerprint density at radius 2 is 2.00 bits per heavy atom. The average Bonchev–Trinajstić information content (AvgIpc) is 2.39. The first-order valence-electron chi connectivity index (χ1n) is 4.90. The topological polar surface area (TPSA) is 40.6 Å². The Bertz CT molecular complexity index is 245. The molecule has 1 rings (SSSR count). The summed E-state index contributed by atoms with van der Waals surface area (Å²) >= 11 is 4.11. The number of carbonyl (C=O) groups excluding carboxylic acids is 2. The Balaban J connectivity index is 2.84. The van der Waals surface area contributed by atoms with Crippen LogP contribution in [0, 0.1) is 0 Å². The van der Waals surface area contributed by atoms with Gasteiger partial charge in [0.25, 0.3) is 5.91 Å². The van der Waals surface area contributed by atoms with Crippen LogP contribution in [0.2, 0.25) is 0 Å². The summed E-state index contributed by atoms with van der Waals surface area (Å²) in [7, 11) is 0. The number of imide groups is 1. The molecule has 1 atom stereocenters. The molecule has 0 N–H and O–H groups in total. The van der Waals surface area contributed by atoms with Crippen molar-refractivity contribution in [2.45, 2.75) is 26.3 Å². The highest BCUT2D eigenvalue weighted by atomic mass is 32.1. The molecule has 1 aliphatic rings. The van der Waals surface area contributed by atoms with Crippen molar-refractivity contribution in [1.82, 2.24) is 9.80 Å². The number of likely N-dealkylation sites (N-methyl/N-ethyl adjacent to an activating group) is 1. The molecule has 1 fully saturated rings. The van der Waals surface area contributed by atoms with Gasteiger partial charge in [-0.1, -0.05) is 6.92 Å². The van der Waals surface area contributed by atoms with E-state index in [9.17, 15) is 9.59 Å². The van der Waals surface area contributed by atoms with Gasteiger partial charge in [-0.15, -0.1) is 0 Å². The number of hydrogen-bond donors (Lipinski definition) is 1. The maximum absolute atomic E-state index is 11.7. The zero-order valence-corrected chi connectivity index (χ0v) is 9.46. The second-order valence-electron chi connectivity index (χ2n) is 3.26. The molecule has 14 heavy (non-hydrogen) atoms. The minimum absolute atomic E-state index is 0.110. The van der Waals surface area contributed by atoms with Crippen molar-refractivity contribution in [1.29, 1.82) is 0 Å². The molecule has 1 saturated heterocycles. The Morgan fingerprint density at radius 1 is 1.36 bits per heavy atom. The molecule has 1 unspecified atom stereocenters. The summed E-state index contributed by atoms with van der Waals surface area (Å²) in [5.74, 6) is 0.294. The molecule has 0 aromatic carbocycles. The first-order chi connectivity index (χ1) is 6.67. The molecule has 1 heterocycles. The molecular weight excluding hydrogens is 200 g/mol. The van der Waals surface area contributed by atoms with Gasteiger partial charge < -0.3 is 4.90 Å². The minimum atomic E-state index is -0.356. The van der Waals surface area contributed by atoms with Crippen molar-refractivity contribution >= 4 is 24.6 Å². The van der Waals surface area contributed by atoms with Gasteiger partial charge in [0.2, 0.25) is 0 Å². The van der Waals surface area contributed by atoms with Crippen molar-refractivity contribution in [3.63, 3.8) is 0 Å². The number of amides is 3. The third-order valence-electron chi connectivity index (χ3n) is 2.36. The van der Waals surface area contributed by atoms with Crippen molar-refractivity contribution in [2.75, 3.05) is 18.8 Å². The minimum Gasteiger partial charge on any atom is -0.311 e. The lowest BCUT2D eigenvalue weighted by molar-refractivity contribution is -0.127. The van der Waals surface area contributed by atoms with Crippen LogP contribution < -0.4 is 0 Å². The molecule has 1 aliphatic heterocycles. The summed E-state index contributed by atoms with van der Waals surface area (Å²) in [6.07, 6.45) is 0.862. The van der Waals surface area contributed by atoms with Gasteiger partial charge in [0.05, 0.1) is 0 Å². The number of hydrogen-bond acceptors (Lipinski definition) is 3. The Morgan fingerprint density at radius 3 is 2.43 bits per heavy atom. The summed E-state index contributed by atoms with van der Waals surface area (Å²) < 4.78 is 0. The van der Waals surface area contributed by atoms with Crippen LogP contribution in [0.5, 0.6) is 0 Å². The van der Waals surface area contributed by atoms with Gasteiger partial charge in [0, 0.05) is 18.8 Å². The molecule has 0 saturated carbocycles. The Kier molecular flexibility index (Phi) is 3.80. The van der Waals surface area contributed by atoms with E-state index < -0.39 is 0 Å². The fourth-order valence-electron chi connectivity index (χ4n) is 1.66. The molecule has 0 radical (unpaired) electrons. The highest BCUT2D eigenvalue weighted by Crippen LogP contribution is 2.18. The van der Waals surface area contributed by atoms with Gasteiger partial charge in [-0.3, -0.25) is 9.69 Å². The van der Waals surface area contributed by atoms with Crippen molar-refractivity contribution in [2.24, 2.45) is 0 Å². The summed E-state index contributed by atoms with van der Waals surface area (Å²) in [6.45, 7) is 4.87. The number of nitrogens with zero attached hydrogens (tertiary/aromatic N) is 2. The van der Waals surface area contributed by atoms with Crippen LogP contribution in [0.15, 0.2) is 0 Å². The van der Waals surface area contributed by atoms with Crippen LogP contribution in [0.1, 0.15) is 20.3 Å². The summed E-state index contributed by atoms with van der Waals surface area (Å²) in [4.78, 5) is 26.3. The third-order valence-corrected chi connectivity index (χ3v) is 2.70. The second kappa shape index (κ2) is 4.68. The largest absolute Gasteiger partial charge is 0.327 e. The summed E-state index contributed by atoms with van der Waals surface area (Å²) in [6, 6.07) is -0.524. The quantitative estimate of drug-likeness (QED) is 0.562. The fraction of sp³-hybridized carbons (Fsp3) is 0.778. The Hall–Kier alpha value is -0.710. The molecule has 0 bridgehead atoms. The lowest BCUT2D eigenvalue weighted by Gasteiger charge is -2.19. The summed E-state index contributed by atoms with van der Waals surface area (Å²) in [5, 5.41) is 0. The van der Waals surface area contributed by atoms with Gasteiger partial charge in [-0.25, -0.2) is 4.79 Å². The average molecular weight is 216 g/mol. The molecule has 0 aliphatic carbocycles. The van der Waals surface area contributed by atoms with Gasteiger partial charge in [-0.2, -0.15) is 12.6 Å². The SMILES string of the molecule is CCCN1C(=O)N(CC)C(=O)C1CS. The molecule has 5 heteroatoms. The van der Waals surface area contributed by atoms with E-state index >= 15 is 0 Å². The number of rotatable bonds is 4. The second-order valence-corrected chi connectivity index (χ2v) is 3.62. The van der Waals surface area contributed by atoms with Gasteiger partial charge in [0.1, 0.15) is 6.04 Å². The fourth-order valence-corrected chi connectivity index (χ4v) is 2.01. The number of urea groups is 1. The van der Waals surface area contributed by atoms with E-state index in [1.54, 1.807) is 11.8 Å². The predicted octanol–water partition coefficient (Wildman–Crippen LogP) is 0.979. The van der Waals surface area contributed by atoms with Crippen LogP contribution in [0.25, 0.3) is 0 Å². The van der Waals surface area contributed by atoms with E-state index in [1.807, 2.05) is 6.92 Å². The first kappa shape index (κ1) is 11.4. The maximum Gasteiger partial charge on any atom is 0.327 e. The lowest BCUT2D eigenvalue weighted by Crippen LogP contribution is -2.36. The van der Waals surface area contributed by atoms with Crippen LogP contribution in [0.3, 0.4) is 0 Å². The van der Waals surface area contributed by atoms with Crippen LogP contribution >= 0.6 is 12.6 Å². The normalized spacial score (nSPS) is 22.4. The molecule has 0 aromatic heterocycles. The monoisotopic (exact) mass is 216 g/mol. The van der Waals surface area contributed by atoms with Gasteiger partial charge in [0.15, 0.2) is 0 Å². The molecule has 3 amide bonds. The Labute approximate surface area is 89.7 Å². The van der Waals surface area contributed by atoms with Crippen LogP contribution in [0.4, 0.5) is 4.79 Å². The standard InChI is InChI=1S/C9H16N2O2S/c1-3-5-11-7(6-14)8(12)10(4-2)9(11)13/h7,14H,3-6H2,1-2H3. The highest BCUT2D eigenvalue weighted by Gasteiger charge is 2.42. The van der Waals surface area contributed by atoms with Crippen LogP contribution in [-0.4, -0.2) is 46.6 Å². The predicted molar refractivity (Wildman–Crippen MR) is 57.4 cm³/mol. The smallest absolute Gasteiger partial charge is 0.311 e. The highest BCUT2D eigenvalue weighted by molar-refractivity contribution is 7.80. The van der Waals surface area contributed by atoms with Crippen molar-refractivity contribution < 1.29 is 9.59 Å². The van der Waals surface area contributed by atoms with E-state index in [0.29, 0.717) is 18.8 Å². The number of carbonyl (C=O) groups is 2. The maximum atomic E-state index is 11.7. The molecule has 80 valence electrons. The van der Waals surface area contributed by atoms with Crippen molar-refractivity contribution in [3.8, 4) is 0 Å². The third kappa shape index (κ3) is 1.73. The van der Waals surface area contributed by atoms with E-state index in [2.05, 4.69) is 12.6 Å². The zero-order chi connectivity index (χ0) is 10.7. The lowest BCUT2D eigenvalue weighted by atomic mass is 10.3. The summed E-state index contributed by atoms with van der Waals surface area (Å²) in [5.41, 5.74) is 0. The molecule has 4 nitrogen and oxygen atoms in total. The van der Waals surface area contributed by atoms with E-state index in [4.69, 9.17) is 0 Å². The van der Waals surface area contributed by atoms with Crippen molar-refractivity contribution in [3.05, 3.63) is 0 Å². The van der Waals surface area contributed by atoms with Crippen LogP contribution in [-0.2, 0) is 4.79 Å².